The highest BCUT2D eigenvalue weighted by Gasteiger charge is 2.33. The van der Waals surface area contributed by atoms with Crippen LogP contribution in [0.25, 0.3) is 0 Å². The summed E-state index contributed by atoms with van der Waals surface area (Å²) in [5.41, 5.74) is 3.10. The summed E-state index contributed by atoms with van der Waals surface area (Å²) in [7, 11) is -4.24. The zero-order chi connectivity index (χ0) is 28.9. The molecule has 40 heavy (non-hydrogen) atoms. The first-order valence-electron chi connectivity index (χ1n) is 13.5. The minimum Gasteiger partial charge on any atom is -0.352 e. The molecule has 1 fully saturated rings. The fraction of sp³-hybridized carbons (Fsp3) is 0.355. The van der Waals surface area contributed by atoms with Crippen molar-refractivity contribution in [3.05, 3.63) is 95.3 Å². The van der Waals surface area contributed by atoms with Crippen LogP contribution in [0.4, 0.5) is 10.1 Å². The number of amides is 2. The van der Waals surface area contributed by atoms with E-state index in [0.29, 0.717) is 5.69 Å². The lowest BCUT2D eigenvalue weighted by molar-refractivity contribution is -0.139. The maximum absolute atomic E-state index is 14.0. The van der Waals surface area contributed by atoms with Gasteiger partial charge in [-0.2, -0.15) is 0 Å². The molecule has 2 amide bonds. The van der Waals surface area contributed by atoms with E-state index < -0.39 is 34.3 Å². The number of nitrogens with one attached hydrogen (secondary N) is 1. The van der Waals surface area contributed by atoms with Crippen molar-refractivity contribution < 1.29 is 22.4 Å². The van der Waals surface area contributed by atoms with Gasteiger partial charge >= 0.3 is 0 Å². The predicted molar refractivity (Wildman–Crippen MR) is 154 cm³/mol. The van der Waals surface area contributed by atoms with Crippen molar-refractivity contribution in [2.24, 2.45) is 0 Å². The molecule has 0 aliphatic heterocycles. The van der Waals surface area contributed by atoms with Gasteiger partial charge in [-0.3, -0.25) is 13.9 Å². The Labute approximate surface area is 236 Å². The van der Waals surface area contributed by atoms with E-state index in [1.54, 1.807) is 31.2 Å². The minimum atomic E-state index is -4.24. The molecule has 1 unspecified atom stereocenters. The maximum atomic E-state index is 14.0. The van der Waals surface area contributed by atoms with Crippen LogP contribution in [0, 0.1) is 19.7 Å². The van der Waals surface area contributed by atoms with Gasteiger partial charge in [-0.15, -0.1) is 0 Å². The third kappa shape index (κ3) is 7.07. The third-order valence-corrected chi connectivity index (χ3v) is 9.13. The number of carbonyl (C=O) groups excluding carboxylic acids is 2. The van der Waals surface area contributed by atoms with E-state index in [2.05, 4.69) is 5.32 Å². The van der Waals surface area contributed by atoms with Gasteiger partial charge in [0.15, 0.2) is 0 Å². The number of benzene rings is 3. The van der Waals surface area contributed by atoms with Gasteiger partial charge in [-0.05, 0) is 75.6 Å². The van der Waals surface area contributed by atoms with Gasteiger partial charge in [0.2, 0.25) is 11.8 Å². The highest BCUT2D eigenvalue weighted by atomic mass is 32.2. The molecule has 0 aromatic heterocycles. The Balaban J connectivity index is 1.67. The molecule has 3 aromatic rings. The standard InChI is InChI=1S/C31H36FN3O4S/c1-22-8-12-25(13-9-22)20-34(24(3)31(37)33-27-6-4-5-7-27)30(36)21-35(28-16-10-23(2)11-17-28)40(38,39)29-18-14-26(32)15-19-29/h8-19,24,27H,4-7,20-21H2,1-3H3,(H,33,37). The monoisotopic (exact) mass is 565 g/mol. The van der Waals surface area contributed by atoms with Crippen LogP contribution >= 0.6 is 0 Å². The molecule has 1 saturated carbocycles. The Hall–Kier alpha value is -3.72. The number of carbonyl (C=O) groups is 2. The van der Waals surface area contributed by atoms with E-state index in [1.165, 1.54) is 17.0 Å². The molecular weight excluding hydrogens is 529 g/mol. The summed E-state index contributed by atoms with van der Waals surface area (Å²) in [5.74, 6) is -1.36. The van der Waals surface area contributed by atoms with Crippen molar-refractivity contribution in [1.29, 1.82) is 0 Å². The minimum absolute atomic E-state index is 0.0780. The number of hydrogen-bond donors (Lipinski definition) is 1. The summed E-state index contributed by atoms with van der Waals surface area (Å²) in [6.45, 7) is 5.11. The summed E-state index contributed by atoms with van der Waals surface area (Å²) in [4.78, 5) is 28.5. The van der Waals surface area contributed by atoms with E-state index in [4.69, 9.17) is 0 Å². The SMILES string of the molecule is Cc1ccc(CN(C(=O)CN(c2ccc(C)cc2)S(=O)(=O)c2ccc(F)cc2)C(C)C(=O)NC2CCCC2)cc1. The molecule has 0 bridgehead atoms. The van der Waals surface area contributed by atoms with E-state index >= 15 is 0 Å². The van der Waals surface area contributed by atoms with Gasteiger partial charge in [-0.25, -0.2) is 12.8 Å². The Morgan fingerprint density at radius 3 is 2.02 bits per heavy atom. The second-order valence-corrected chi connectivity index (χ2v) is 12.3. The van der Waals surface area contributed by atoms with Gasteiger partial charge in [0.1, 0.15) is 18.4 Å². The number of nitrogens with zero attached hydrogens (tertiary/aromatic N) is 2. The van der Waals surface area contributed by atoms with Gasteiger partial charge in [0.05, 0.1) is 10.6 Å². The largest absolute Gasteiger partial charge is 0.352 e. The molecule has 9 heteroatoms. The quantitative estimate of drug-likeness (QED) is 0.370. The van der Waals surface area contributed by atoms with Crippen LogP contribution in [0.5, 0.6) is 0 Å². The Morgan fingerprint density at radius 1 is 0.900 bits per heavy atom. The number of hydrogen-bond acceptors (Lipinski definition) is 4. The fourth-order valence-electron chi connectivity index (χ4n) is 4.84. The summed E-state index contributed by atoms with van der Waals surface area (Å²) in [5, 5.41) is 3.06. The van der Waals surface area contributed by atoms with Crippen LogP contribution in [0.3, 0.4) is 0 Å². The normalized spacial score (nSPS) is 14.5. The van der Waals surface area contributed by atoms with Gasteiger partial charge in [0, 0.05) is 12.6 Å². The fourth-order valence-corrected chi connectivity index (χ4v) is 6.25. The summed E-state index contributed by atoms with van der Waals surface area (Å²) < 4.78 is 42.2. The molecule has 0 radical (unpaired) electrons. The number of anilines is 1. The smallest absolute Gasteiger partial charge is 0.264 e. The molecule has 0 heterocycles. The molecule has 1 aliphatic rings. The summed E-state index contributed by atoms with van der Waals surface area (Å²) in [6.07, 6.45) is 3.92. The molecule has 1 aliphatic carbocycles. The summed E-state index contributed by atoms with van der Waals surface area (Å²) in [6, 6.07) is 18.2. The highest BCUT2D eigenvalue weighted by Crippen LogP contribution is 2.25. The van der Waals surface area contributed by atoms with Gasteiger partial charge < -0.3 is 10.2 Å². The van der Waals surface area contributed by atoms with Crippen molar-refractivity contribution in [1.82, 2.24) is 10.2 Å². The second-order valence-electron chi connectivity index (χ2n) is 10.5. The first kappa shape index (κ1) is 29.3. The molecule has 0 spiro atoms. The zero-order valence-corrected chi connectivity index (χ0v) is 24.0. The molecule has 1 atom stereocenters. The van der Waals surface area contributed by atoms with Crippen molar-refractivity contribution in [2.75, 3.05) is 10.8 Å². The van der Waals surface area contributed by atoms with Crippen LogP contribution in [-0.4, -0.2) is 43.8 Å². The van der Waals surface area contributed by atoms with E-state index in [-0.39, 0.29) is 23.4 Å². The first-order valence-corrected chi connectivity index (χ1v) is 15.0. The third-order valence-electron chi connectivity index (χ3n) is 7.34. The van der Waals surface area contributed by atoms with Gasteiger partial charge in [-0.1, -0.05) is 60.4 Å². The van der Waals surface area contributed by atoms with Crippen molar-refractivity contribution in [3.63, 3.8) is 0 Å². The highest BCUT2D eigenvalue weighted by molar-refractivity contribution is 7.92. The van der Waals surface area contributed by atoms with E-state index in [9.17, 15) is 22.4 Å². The topological polar surface area (TPSA) is 86.8 Å². The van der Waals surface area contributed by atoms with Gasteiger partial charge in [0.25, 0.3) is 10.0 Å². The Bertz CT molecular complexity index is 1420. The van der Waals surface area contributed by atoms with Crippen LogP contribution in [-0.2, 0) is 26.2 Å². The van der Waals surface area contributed by atoms with Crippen molar-refractivity contribution in [3.8, 4) is 0 Å². The lowest BCUT2D eigenvalue weighted by atomic mass is 10.1. The lowest BCUT2D eigenvalue weighted by Gasteiger charge is -2.32. The Morgan fingerprint density at radius 2 is 1.45 bits per heavy atom. The number of rotatable bonds is 10. The average molecular weight is 566 g/mol. The number of aryl methyl sites for hydroxylation is 2. The second kappa shape index (κ2) is 12.6. The number of halogens is 1. The molecule has 212 valence electrons. The maximum Gasteiger partial charge on any atom is 0.264 e. The average Bonchev–Trinajstić information content (AvgIpc) is 3.44. The zero-order valence-electron chi connectivity index (χ0n) is 23.1. The van der Waals surface area contributed by atoms with Crippen molar-refractivity contribution >= 4 is 27.5 Å². The van der Waals surface area contributed by atoms with E-state index in [0.717, 1.165) is 58.8 Å². The number of sulfonamides is 1. The Kier molecular flexibility index (Phi) is 9.25. The molecule has 3 aromatic carbocycles. The lowest BCUT2D eigenvalue weighted by Crippen LogP contribution is -2.52. The predicted octanol–water partition coefficient (Wildman–Crippen LogP) is 5.11. The van der Waals surface area contributed by atoms with Crippen LogP contribution in [0.2, 0.25) is 0 Å². The van der Waals surface area contributed by atoms with Crippen LogP contribution < -0.4 is 9.62 Å². The van der Waals surface area contributed by atoms with E-state index in [1.807, 2.05) is 38.1 Å². The van der Waals surface area contributed by atoms with Crippen LogP contribution in [0.1, 0.15) is 49.3 Å². The summed E-state index contributed by atoms with van der Waals surface area (Å²) >= 11 is 0. The molecular formula is C31H36FN3O4S. The molecule has 7 nitrogen and oxygen atoms in total. The molecule has 0 saturated heterocycles. The molecule has 4 rings (SSSR count). The first-order chi connectivity index (χ1) is 19.0. The van der Waals surface area contributed by atoms with Crippen LogP contribution in [0.15, 0.2) is 77.7 Å². The van der Waals surface area contributed by atoms with Crippen molar-refractivity contribution in [2.45, 2.75) is 70.0 Å². The molecule has 1 N–H and O–H groups in total.